The Bertz CT molecular complexity index is 602. The third-order valence-electron chi connectivity index (χ3n) is 4.22. The summed E-state index contributed by atoms with van der Waals surface area (Å²) < 4.78 is 1.90. The number of hydrogen-bond donors (Lipinski definition) is 2. The number of aromatic nitrogens is 3. The molecule has 2 N–H and O–H groups in total. The largest absolute Gasteiger partial charge is 0.367 e. The zero-order chi connectivity index (χ0) is 15.9. The number of amides is 1. The first-order valence-corrected chi connectivity index (χ1v) is 8.29. The topological polar surface area (TPSA) is 71.8 Å². The van der Waals surface area contributed by atoms with Crippen LogP contribution in [0.4, 0.5) is 5.82 Å². The number of anilines is 1. The van der Waals surface area contributed by atoms with Crippen LogP contribution in [0.1, 0.15) is 32.1 Å². The molecule has 122 valence electrons. The van der Waals surface area contributed by atoms with Crippen molar-refractivity contribution >= 4 is 11.7 Å². The molecule has 6 heteroatoms. The van der Waals surface area contributed by atoms with Gasteiger partial charge in [-0.3, -0.25) is 4.79 Å². The average Bonchev–Trinajstić information content (AvgIpc) is 3.26. The molecule has 6 nitrogen and oxygen atoms in total. The van der Waals surface area contributed by atoms with Crippen LogP contribution in [0.2, 0.25) is 0 Å². The summed E-state index contributed by atoms with van der Waals surface area (Å²) in [6.45, 7) is 1.25. The molecule has 23 heavy (non-hydrogen) atoms. The normalized spacial score (nSPS) is 14.8. The first kappa shape index (κ1) is 15.5. The molecule has 0 radical (unpaired) electrons. The third-order valence-corrected chi connectivity index (χ3v) is 4.22. The molecule has 0 saturated heterocycles. The van der Waals surface area contributed by atoms with Gasteiger partial charge in [0.2, 0.25) is 5.91 Å². The maximum absolute atomic E-state index is 11.8. The fourth-order valence-corrected chi connectivity index (χ4v) is 2.99. The van der Waals surface area contributed by atoms with Gasteiger partial charge in [0.15, 0.2) is 5.82 Å². The van der Waals surface area contributed by atoms with Gasteiger partial charge in [-0.1, -0.05) is 12.8 Å². The van der Waals surface area contributed by atoms with Crippen molar-refractivity contribution in [1.82, 2.24) is 20.1 Å². The van der Waals surface area contributed by atoms with Crippen molar-refractivity contribution in [1.29, 1.82) is 0 Å². The molecule has 0 bridgehead atoms. The average molecular weight is 313 g/mol. The summed E-state index contributed by atoms with van der Waals surface area (Å²) in [6.07, 6.45) is 9.48. The number of nitrogens with one attached hydrogen (secondary N) is 2. The summed E-state index contributed by atoms with van der Waals surface area (Å²) in [4.78, 5) is 11.8. The molecule has 2 aromatic rings. The van der Waals surface area contributed by atoms with Gasteiger partial charge in [-0.2, -0.15) is 0 Å². The van der Waals surface area contributed by atoms with Crippen LogP contribution < -0.4 is 10.6 Å². The van der Waals surface area contributed by atoms with Crippen LogP contribution in [-0.2, 0) is 4.79 Å². The standard InChI is InChI=1S/C17H23N5O/c23-17(13-14-5-1-2-6-14)19-10-9-18-15-7-8-16(21-20-15)22-11-3-4-12-22/h3-4,7-8,11-12,14H,1-2,5-6,9-10,13H2,(H,18,20)(H,19,23). The molecule has 1 saturated carbocycles. The molecule has 0 aromatic carbocycles. The van der Waals surface area contributed by atoms with Crippen LogP contribution >= 0.6 is 0 Å². The zero-order valence-electron chi connectivity index (χ0n) is 13.2. The lowest BCUT2D eigenvalue weighted by atomic mass is 10.0. The highest BCUT2D eigenvalue weighted by atomic mass is 16.1. The Morgan fingerprint density at radius 1 is 1.13 bits per heavy atom. The van der Waals surface area contributed by atoms with Gasteiger partial charge in [0.05, 0.1) is 0 Å². The quantitative estimate of drug-likeness (QED) is 0.770. The van der Waals surface area contributed by atoms with Gasteiger partial charge in [-0.05, 0) is 43.0 Å². The molecule has 1 fully saturated rings. The molecule has 0 atom stereocenters. The van der Waals surface area contributed by atoms with Crippen molar-refractivity contribution in [2.45, 2.75) is 32.1 Å². The first-order valence-electron chi connectivity index (χ1n) is 8.29. The minimum Gasteiger partial charge on any atom is -0.367 e. The van der Waals surface area contributed by atoms with E-state index >= 15 is 0 Å². The van der Waals surface area contributed by atoms with Crippen molar-refractivity contribution in [2.75, 3.05) is 18.4 Å². The number of carbonyl (C=O) groups is 1. The van der Waals surface area contributed by atoms with E-state index < -0.39 is 0 Å². The Morgan fingerprint density at radius 2 is 1.91 bits per heavy atom. The molecule has 1 aliphatic carbocycles. The van der Waals surface area contributed by atoms with Gasteiger partial charge < -0.3 is 15.2 Å². The number of hydrogen-bond acceptors (Lipinski definition) is 4. The third kappa shape index (κ3) is 4.55. The maximum Gasteiger partial charge on any atom is 0.220 e. The van der Waals surface area contributed by atoms with E-state index in [2.05, 4.69) is 20.8 Å². The first-order chi connectivity index (χ1) is 11.3. The summed E-state index contributed by atoms with van der Waals surface area (Å²) in [5.41, 5.74) is 0. The summed E-state index contributed by atoms with van der Waals surface area (Å²) in [7, 11) is 0. The highest BCUT2D eigenvalue weighted by molar-refractivity contribution is 5.76. The molecule has 0 spiro atoms. The van der Waals surface area contributed by atoms with E-state index in [1.807, 2.05) is 41.2 Å². The molecule has 0 unspecified atom stereocenters. The second-order valence-electron chi connectivity index (χ2n) is 6.00. The Kier molecular flexibility index (Phi) is 5.24. The minimum atomic E-state index is 0.160. The van der Waals surface area contributed by atoms with Crippen LogP contribution in [0.3, 0.4) is 0 Å². The molecule has 3 rings (SSSR count). The lowest BCUT2D eigenvalue weighted by Gasteiger charge is -2.10. The molecular formula is C17H23N5O. The van der Waals surface area contributed by atoms with Crippen LogP contribution in [0.5, 0.6) is 0 Å². The van der Waals surface area contributed by atoms with Gasteiger partial charge >= 0.3 is 0 Å². The van der Waals surface area contributed by atoms with E-state index in [-0.39, 0.29) is 5.91 Å². The monoisotopic (exact) mass is 313 g/mol. The molecule has 0 aliphatic heterocycles. The molecule has 2 heterocycles. The van der Waals surface area contributed by atoms with Gasteiger partial charge in [-0.15, -0.1) is 10.2 Å². The summed E-state index contributed by atoms with van der Waals surface area (Å²) in [6, 6.07) is 7.70. The second kappa shape index (κ2) is 7.76. The Labute approximate surface area is 136 Å². The van der Waals surface area contributed by atoms with Crippen molar-refractivity contribution in [2.24, 2.45) is 5.92 Å². The van der Waals surface area contributed by atoms with Crippen LogP contribution in [0.25, 0.3) is 5.82 Å². The van der Waals surface area contributed by atoms with E-state index in [4.69, 9.17) is 0 Å². The second-order valence-corrected chi connectivity index (χ2v) is 6.00. The van der Waals surface area contributed by atoms with E-state index in [1.54, 1.807) is 0 Å². The van der Waals surface area contributed by atoms with Crippen LogP contribution in [-0.4, -0.2) is 33.8 Å². The maximum atomic E-state index is 11.8. The lowest BCUT2D eigenvalue weighted by molar-refractivity contribution is -0.121. The molecule has 2 aromatic heterocycles. The van der Waals surface area contributed by atoms with Crippen LogP contribution in [0.15, 0.2) is 36.7 Å². The smallest absolute Gasteiger partial charge is 0.220 e. The SMILES string of the molecule is O=C(CC1CCCC1)NCCNc1ccc(-n2cccc2)nn1. The highest BCUT2D eigenvalue weighted by Gasteiger charge is 2.17. The number of nitrogens with zero attached hydrogens (tertiary/aromatic N) is 3. The molecule has 1 amide bonds. The summed E-state index contributed by atoms with van der Waals surface area (Å²) in [5.74, 6) is 2.25. The number of carbonyl (C=O) groups excluding carboxylic acids is 1. The van der Waals surface area contributed by atoms with E-state index in [1.165, 1.54) is 25.7 Å². The zero-order valence-corrected chi connectivity index (χ0v) is 13.2. The lowest BCUT2D eigenvalue weighted by Crippen LogP contribution is -2.30. The number of rotatable bonds is 7. The van der Waals surface area contributed by atoms with Crippen molar-refractivity contribution in [3.8, 4) is 5.82 Å². The van der Waals surface area contributed by atoms with Gasteiger partial charge in [0.1, 0.15) is 5.82 Å². The summed E-state index contributed by atoms with van der Waals surface area (Å²) >= 11 is 0. The van der Waals surface area contributed by atoms with Gasteiger partial charge in [-0.25, -0.2) is 0 Å². The van der Waals surface area contributed by atoms with Crippen LogP contribution in [0, 0.1) is 5.92 Å². The Hall–Kier alpha value is -2.37. The minimum absolute atomic E-state index is 0.160. The Balaban J connectivity index is 1.36. The molecular weight excluding hydrogens is 290 g/mol. The van der Waals surface area contributed by atoms with Crippen molar-refractivity contribution in [3.63, 3.8) is 0 Å². The van der Waals surface area contributed by atoms with Crippen molar-refractivity contribution < 1.29 is 4.79 Å². The fraction of sp³-hybridized carbons (Fsp3) is 0.471. The van der Waals surface area contributed by atoms with E-state index in [9.17, 15) is 4.79 Å². The Morgan fingerprint density at radius 3 is 2.61 bits per heavy atom. The van der Waals surface area contributed by atoms with Gasteiger partial charge in [0.25, 0.3) is 0 Å². The predicted octanol–water partition coefficient (Wildman–Crippen LogP) is 2.38. The predicted molar refractivity (Wildman–Crippen MR) is 89.4 cm³/mol. The van der Waals surface area contributed by atoms with Crippen molar-refractivity contribution in [3.05, 3.63) is 36.7 Å². The molecule has 1 aliphatic rings. The van der Waals surface area contributed by atoms with Gasteiger partial charge in [0, 0.05) is 31.9 Å². The highest BCUT2D eigenvalue weighted by Crippen LogP contribution is 2.27. The van der Waals surface area contributed by atoms with E-state index in [0.717, 1.165) is 5.82 Å². The summed E-state index contributed by atoms with van der Waals surface area (Å²) in [5, 5.41) is 14.4. The fourth-order valence-electron chi connectivity index (χ4n) is 2.99. The van der Waals surface area contributed by atoms with E-state index in [0.29, 0.717) is 31.2 Å².